The van der Waals surface area contributed by atoms with Gasteiger partial charge in [0.15, 0.2) is 0 Å². The molecule has 1 atom stereocenters. The standard InChI is InChI=1S/C21H33N3O4/c1-5-24(13-20(25)26)18-10-17(11-18)23-21(27)22-12-15(4)28-19-8-6-16(7-9-19)14(2)3/h6-9,14-15,17-18H,5,10-13H2,1-4H3,(H,25,26)(H2,22,23,27). The van der Waals surface area contributed by atoms with Crippen LogP contribution in [-0.4, -0.2) is 59.8 Å². The largest absolute Gasteiger partial charge is 0.489 e. The molecule has 2 amide bonds. The third kappa shape index (κ3) is 6.71. The van der Waals surface area contributed by atoms with Crippen molar-refractivity contribution in [3.8, 4) is 5.75 Å². The fraction of sp³-hybridized carbons (Fsp3) is 0.619. The van der Waals surface area contributed by atoms with Crippen molar-refractivity contribution in [1.29, 1.82) is 0 Å². The van der Waals surface area contributed by atoms with Crippen molar-refractivity contribution in [3.05, 3.63) is 29.8 Å². The molecule has 1 aromatic rings. The first-order valence-corrected chi connectivity index (χ1v) is 10.0. The Labute approximate surface area is 167 Å². The second-order valence-electron chi connectivity index (χ2n) is 7.79. The van der Waals surface area contributed by atoms with Crippen LogP contribution in [0.5, 0.6) is 5.75 Å². The minimum absolute atomic E-state index is 0.0487. The molecule has 0 radical (unpaired) electrons. The molecule has 1 fully saturated rings. The molecule has 3 N–H and O–H groups in total. The summed E-state index contributed by atoms with van der Waals surface area (Å²) in [6.07, 6.45) is 1.42. The Balaban J connectivity index is 1.65. The van der Waals surface area contributed by atoms with Crippen molar-refractivity contribution in [2.45, 2.75) is 64.6 Å². The van der Waals surface area contributed by atoms with Gasteiger partial charge < -0.3 is 20.5 Å². The lowest BCUT2D eigenvalue weighted by atomic mass is 9.85. The van der Waals surface area contributed by atoms with Crippen LogP contribution in [0.1, 0.15) is 52.0 Å². The highest BCUT2D eigenvalue weighted by atomic mass is 16.5. The smallest absolute Gasteiger partial charge is 0.317 e. The Hall–Kier alpha value is -2.28. The van der Waals surface area contributed by atoms with Gasteiger partial charge in [0.2, 0.25) is 0 Å². The normalized spacial score (nSPS) is 19.8. The SMILES string of the molecule is CCN(CC(=O)O)C1CC(NC(=O)NCC(C)Oc2ccc(C(C)C)cc2)C1. The van der Waals surface area contributed by atoms with Gasteiger partial charge in [-0.3, -0.25) is 9.69 Å². The summed E-state index contributed by atoms with van der Waals surface area (Å²) in [6, 6.07) is 8.13. The Morgan fingerprint density at radius 2 is 1.86 bits per heavy atom. The maximum Gasteiger partial charge on any atom is 0.317 e. The molecule has 0 saturated heterocycles. The van der Waals surface area contributed by atoms with Crippen molar-refractivity contribution < 1.29 is 19.4 Å². The molecule has 7 heteroatoms. The van der Waals surface area contributed by atoms with Gasteiger partial charge in [-0.25, -0.2) is 4.79 Å². The first kappa shape index (κ1) is 22.0. The van der Waals surface area contributed by atoms with E-state index in [0.717, 1.165) is 18.6 Å². The molecule has 1 unspecified atom stereocenters. The summed E-state index contributed by atoms with van der Waals surface area (Å²) >= 11 is 0. The molecule has 1 saturated carbocycles. The summed E-state index contributed by atoms with van der Waals surface area (Å²) in [4.78, 5) is 24.9. The van der Waals surface area contributed by atoms with E-state index in [9.17, 15) is 9.59 Å². The van der Waals surface area contributed by atoms with Gasteiger partial charge in [-0.05, 0) is 49.9 Å². The van der Waals surface area contributed by atoms with E-state index < -0.39 is 5.97 Å². The zero-order chi connectivity index (χ0) is 20.7. The van der Waals surface area contributed by atoms with Crippen LogP contribution in [0.3, 0.4) is 0 Å². The number of rotatable bonds is 10. The van der Waals surface area contributed by atoms with Crippen molar-refractivity contribution in [2.75, 3.05) is 19.6 Å². The lowest BCUT2D eigenvalue weighted by molar-refractivity contribution is -0.139. The number of carbonyl (C=O) groups is 2. The average Bonchev–Trinajstić information content (AvgIpc) is 2.61. The maximum absolute atomic E-state index is 12.1. The van der Waals surface area contributed by atoms with Crippen molar-refractivity contribution in [1.82, 2.24) is 15.5 Å². The van der Waals surface area contributed by atoms with E-state index in [4.69, 9.17) is 9.84 Å². The number of amides is 2. The van der Waals surface area contributed by atoms with Gasteiger partial charge in [-0.2, -0.15) is 0 Å². The van der Waals surface area contributed by atoms with Crippen LogP contribution < -0.4 is 15.4 Å². The average molecular weight is 392 g/mol. The van der Waals surface area contributed by atoms with Crippen molar-refractivity contribution in [3.63, 3.8) is 0 Å². The highest BCUT2D eigenvalue weighted by Gasteiger charge is 2.34. The summed E-state index contributed by atoms with van der Waals surface area (Å²) in [5.41, 5.74) is 1.27. The number of hydrogen-bond acceptors (Lipinski definition) is 4. The molecular formula is C21H33N3O4. The zero-order valence-electron chi connectivity index (χ0n) is 17.3. The molecule has 0 heterocycles. The molecule has 1 aliphatic rings. The van der Waals surface area contributed by atoms with Gasteiger partial charge in [0.1, 0.15) is 11.9 Å². The van der Waals surface area contributed by atoms with Crippen LogP contribution in [-0.2, 0) is 4.79 Å². The summed E-state index contributed by atoms with van der Waals surface area (Å²) in [6.45, 7) is 9.33. The molecule has 1 aromatic carbocycles. The molecule has 0 aliphatic heterocycles. The number of carboxylic acid groups (broad SMARTS) is 1. The van der Waals surface area contributed by atoms with Crippen LogP contribution in [0.25, 0.3) is 0 Å². The lowest BCUT2D eigenvalue weighted by Gasteiger charge is -2.42. The quantitative estimate of drug-likeness (QED) is 0.571. The summed E-state index contributed by atoms with van der Waals surface area (Å²) < 4.78 is 5.84. The maximum atomic E-state index is 12.1. The van der Waals surface area contributed by atoms with Crippen LogP contribution >= 0.6 is 0 Å². The number of aliphatic carboxylic acids is 1. The highest BCUT2D eigenvalue weighted by Crippen LogP contribution is 2.25. The van der Waals surface area contributed by atoms with Gasteiger partial charge in [-0.1, -0.05) is 32.9 Å². The molecule has 0 aromatic heterocycles. The van der Waals surface area contributed by atoms with E-state index in [1.807, 2.05) is 30.9 Å². The van der Waals surface area contributed by atoms with Gasteiger partial charge in [0.25, 0.3) is 0 Å². The molecule has 0 bridgehead atoms. The number of likely N-dealkylation sites (N-methyl/N-ethyl adjacent to an activating group) is 1. The fourth-order valence-corrected chi connectivity index (χ4v) is 3.35. The number of carboxylic acids is 1. The fourth-order valence-electron chi connectivity index (χ4n) is 3.35. The Kier molecular flexibility index (Phi) is 8.11. The van der Waals surface area contributed by atoms with Gasteiger partial charge >= 0.3 is 12.0 Å². The number of nitrogens with zero attached hydrogens (tertiary/aromatic N) is 1. The number of urea groups is 1. The number of carbonyl (C=O) groups excluding carboxylic acids is 1. The third-order valence-electron chi connectivity index (χ3n) is 5.14. The monoisotopic (exact) mass is 391 g/mol. The van der Waals surface area contributed by atoms with Crippen LogP contribution in [0.4, 0.5) is 4.79 Å². The summed E-state index contributed by atoms with van der Waals surface area (Å²) in [5, 5.41) is 14.7. The molecule has 0 spiro atoms. The first-order valence-electron chi connectivity index (χ1n) is 10.0. The lowest BCUT2D eigenvalue weighted by Crippen LogP contribution is -2.56. The Morgan fingerprint density at radius 3 is 2.39 bits per heavy atom. The van der Waals surface area contributed by atoms with Gasteiger partial charge in [-0.15, -0.1) is 0 Å². The molecule has 2 rings (SSSR count). The van der Waals surface area contributed by atoms with Crippen molar-refractivity contribution >= 4 is 12.0 Å². The van der Waals surface area contributed by atoms with Crippen LogP contribution in [0.2, 0.25) is 0 Å². The van der Waals surface area contributed by atoms with Gasteiger partial charge in [0, 0.05) is 12.1 Å². The first-order chi connectivity index (χ1) is 13.3. The molecular weight excluding hydrogens is 358 g/mol. The van der Waals surface area contributed by atoms with Crippen molar-refractivity contribution in [2.24, 2.45) is 0 Å². The predicted octanol–water partition coefficient (Wildman–Crippen LogP) is 2.81. The minimum Gasteiger partial charge on any atom is -0.489 e. The highest BCUT2D eigenvalue weighted by molar-refractivity contribution is 5.74. The zero-order valence-corrected chi connectivity index (χ0v) is 17.3. The van der Waals surface area contributed by atoms with E-state index in [1.165, 1.54) is 5.56 Å². The van der Waals surface area contributed by atoms with E-state index in [0.29, 0.717) is 19.0 Å². The van der Waals surface area contributed by atoms with E-state index in [-0.39, 0.29) is 30.8 Å². The second kappa shape index (κ2) is 10.3. The molecule has 156 valence electrons. The summed E-state index contributed by atoms with van der Waals surface area (Å²) in [7, 11) is 0. The minimum atomic E-state index is -0.816. The van der Waals surface area contributed by atoms with E-state index >= 15 is 0 Å². The number of nitrogens with one attached hydrogen (secondary N) is 2. The number of benzene rings is 1. The second-order valence-corrected chi connectivity index (χ2v) is 7.79. The Morgan fingerprint density at radius 1 is 1.21 bits per heavy atom. The van der Waals surface area contributed by atoms with Crippen LogP contribution in [0, 0.1) is 0 Å². The number of hydrogen-bond donors (Lipinski definition) is 3. The molecule has 28 heavy (non-hydrogen) atoms. The van der Waals surface area contributed by atoms with E-state index in [1.54, 1.807) is 0 Å². The molecule has 7 nitrogen and oxygen atoms in total. The van der Waals surface area contributed by atoms with Gasteiger partial charge in [0.05, 0.1) is 13.1 Å². The Bertz CT molecular complexity index is 642. The third-order valence-corrected chi connectivity index (χ3v) is 5.14. The topological polar surface area (TPSA) is 90.9 Å². The van der Waals surface area contributed by atoms with Crippen LogP contribution in [0.15, 0.2) is 24.3 Å². The predicted molar refractivity (Wildman–Crippen MR) is 109 cm³/mol. The summed E-state index contributed by atoms with van der Waals surface area (Å²) in [5.74, 6) is 0.458. The molecule has 1 aliphatic carbocycles. The van der Waals surface area contributed by atoms with E-state index in [2.05, 4.69) is 36.6 Å². The number of ether oxygens (including phenoxy) is 1.